The van der Waals surface area contributed by atoms with Crippen LogP contribution >= 0.6 is 11.8 Å². The summed E-state index contributed by atoms with van der Waals surface area (Å²) in [6.07, 6.45) is -3.71. The lowest BCUT2D eigenvalue weighted by Crippen LogP contribution is -2.56. The van der Waals surface area contributed by atoms with Crippen molar-refractivity contribution in [2.45, 2.75) is 73.2 Å². The summed E-state index contributed by atoms with van der Waals surface area (Å²) in [7, 11) is 0. The van der Waals surface area contributed by atoms with Crippen molar-refractivity contribution in [3.63, 3.8) is 0 Å². The van der Waals surface area contributed by atoms with Gasteiger partial charge in [0.25, 0.3) is 0 Å². The molecule has 0 bridgehead atoms. The molecule has 5 atom stereocenters. The number of aliphatic hydroxyl groups is 5. The number of fused-ring (bicyclic) bond motifs is 1. The summed E-state index contributed by atoms with van der Waals surface area (Å²) in [5, 5.41) is 51.7. The molecule has 5 N–H and O–H groups in total. The summed E-state index contributed by atoms with van der Waals surface area (Å²) in [5.41, 5.74) is 2.15. The van der Waals surface area contributed by atoms with Crippen molar-refractivity contribution in [3.05, 3.63) is 59.8 Å². The van der Waals surface area contributed by atoms with Crippen LogP contribution in [0.4, 0.5) is 0 Å². The van der Waals surface area contributed by atoms with E-state index in [1.807, 2.05) is 55.6 Å². The molecule has 1 aliphatic heterocycles. The maximum atomic E-state index is 10.7. The van der Waals surface area contributed by atoms with Crippen molar-refractivity contribution in [2.75, 3.05) is 6.61 Å². The van der Waals surface area contributed by atoms with E-state index >= 15 is 0 Å². The number of hydrogen-bond donors (Lipinski definition) is 5. The van der Waals surface area contributed by atoms with E-state index in [1.54, 1.807) is 30.2 Å². The summed E-state index contributed by atoms with van der Waals surface area (Å²) in [4.78, 5) is 1.97. The standard InChI is InChI=1S/C25H31NO6S/c1-14-5-4-6-17-20(14)19(33-16-9-7-15(8-10-16)11-25(2,3)31)12-26(17)24-23(30)22(29)21(28)18(13-27)32-24/h4-10,12,18,21-24,27-31H,11,13H2,1-3H3/t18-,21-,22+,23-,24-/m1/s1. The molecule has 7 nitrogen and oxygen atoms in total. The Bertz CT molecular complexity index is 1100. The molecular weight excluding hydrogens is 442 g/mol. The number of aliphatic hydroxyl groups excluding tert-OH is 4. The second-order valence-corrected chi connectivity index (χ2v) is 10.4. The van der Waals surface area contributed by atoms with Gasteiger partial charge in [0, 0.05) is 27.8 Å². The van der Waals surface area contributed by atoms with Crippen LogP contribution in [0.15, 0.2) is 58.5 Å². The van der Waals surface area contributed by atoms with Gasteiger partial charge in [-0.2, -0.15) is 0 Å². The van der Waals surface area contributed by atoms with Crippen LogP contribution in [0.2, 0.25) is 0 Å². The van der Waals surface area contributed by atoms with Crippen LogP contribution in [0, 0.1) is 6.92 Å². The Labute approximate surface area is 197 Å². The molecule has 1 aromatic heterocycles. The van der Waals surface area contributed by atoms with Crippen molar-refractivity contribution >= 4 is 22.7 Å². The third kappa shape index (κ3) is 4.97. The van der Waals surface area contributed by atoms with Crippen LogP contribution in [0.1, 0.15) is 31.2 Å². The second-order valence-electron chi connectivity index (χ2n) is 9.32. The molecule has 1 aliphatic rings. The van der Waals surface area contributed by atoms with Gasteiger partial charge in [-0.3, -0.25) is 0 Å². The Morgan fingerprint density at radius 1 is 1.00 bits per heavy atom. The minimum absolute atomic E-state index is 0.474. The van der Waals surface area contributed by atoms with Gasteiger partial charge in [-0.25, -0.2) is 0 Å². The summed E-state index contributed by atoms with van der Waals surface area (Å²) in [6, 6.07) is 13.9. The zero-order valence-electron chi connectivity index (χ0n) is 18.9. The van der Waals surface area contributed by atoms with Crippen LogP contribution in [0.25, 0.3) is 10.9 Å². The van der Waals surface area contributed by atoms with Crippen LogP contribution < -0.4 is 0 Å². The van der Waals surface area contributed by atoms with Crippen LogP contribution in [0.5, 0.6) is 0 Å². The lowest BCUT2D eigenvalue weighted by atomic mass is 9.98. The zero-order chi connectivity index (χ0) is 23.9. The summed E-state index contributed by atoms with van der Waals surface area (Å²) in [5.74, 6) is 0. The summed E-state index contributed by atoms with van der Waals surface area (Å²) < 4.78 is 7.57. The van der Waals surface area contributed by atoms with Gasteiger partial charge >= 0.3 is 0 Å². The van der Waals surface area contributed by atoms with Gasteiger partial charge < -0.3 is 34.8 Å². The molecule has 0 unspecified atom stereocenters. The molecule has 0 radical (unpaired) electrons. The molecule has 2 aromatic carbocycles. The van der Waals surface area contributed by atoms with Gasteiger partial charge in [-0.15, -0.1) is 0 Å². The second kappa shape index (κ2) is 9.38. The first-order valence-corrected chi connectivity index (χ1v) is 11.8. The molecule has 0 spiro atoms. The van der Waals surface area contributed by atoms with Gasteiger partial charge in [-0.05, 0) is 50.1 Å². The van der Waals surface area contributed by atoms with E-state index in [0.717, 1.165) is 31.8 Å². The lowest BCUT2D eigenvalue weighted by Gasteiger charge is -2.40. The maximum Gasteiger partial charge on any atom is 0.163 e. The van der Waals surface area contributed by atoms with Crippen LogP contribution in [0.3, 0.4) is 0 Å². The number of aromatic nitrogens is 1. The average Bonchev–Trinajstić information content (AvgIpc) is 3.12. The van der Waals surface area contributed by atoms with Crippen LogP contribution in [-0.2, 0) is 11.2 Å². The Morgan fingerprint density at radius 3 is 2.33 bits per heavy atom. The Kier molecular flexibility index (Phi) is 6.89. The molecule has 8 heteroatoms. The van der Waals surface area contributed by atoms with Crippen molar-refractivity contribution in [1.29, 1.82) is 0 Å². The number of hydrogen-bond acceptors (Lipinski definition) is 7. The monoisotopic (exact) mass is 473 g/mol. The molecule has 0 amide bonds. The third-order valence-corrected chi connectivity index (χ3v) is 7.00. The third-order valence-electron chi connectivity index (χ3n) is 5.96. The van der Waals surface area contributed by atoms with Crippen molar-refractivity contribution in [3.8, 4) is 0 Å². The molecular formula is C25H31NO6S. The molecule has 33 heavy (non-hydrogen) atoms. The van der Waals surface area contributed by atoms with Crippen LogP contribution in [-0.4, -0.2) is 66.7 Å². The first-order chi connectivity index (χ1) is 15.6. The first kappa shape index (κ1) is 24.2. The van der Waals surface area contributed by atoms with E-state index in [0.29, 0.717) is 6.42 Å². The van der Waals surface area contributed by atoms with E-state index in [-0.39, 0.29) is 0 Å². The Hall–Kier alpha value is -1.91. The predicted octanol–water partition coefficient (Wildman–Crippen LogP) is 2.39. The van der Waals surface area contributed by atoms with Crippen molar-refractivity contribution < 1.29 is 30.3 Å². The Balaban J connectivity index is 1.69. The van der Waals surface area contributed by atoms with Gasteiger partial charge in [-0.1, -0.05) is 36.0 Å². The molecule has 1 fully saturated rings. The zero-order valence-corrected chi connectivity index (χ0v) is 19.7. The van der Waals surface area contributed by atoms with E-state index in [9.17, 15) is 25.5 Å². The number of rotatable bonds is 6. The topological polar surface area (TPSA) is 115 Å². The predicted molar refractivity (Wildman–Crippen MR) is 126 cm³/mol. The fourth-order valence-corrected chi connectivity index (χ4v) is 5.41. The highest BCUT2D eigenvalue weighted by atomic mass is 32.2. The van der Waals surface area contributed by atoms with Crippen molar-refractivity contribution in [1.82, 2.24) is 4.57 Å². The smallest absolute Gasteiger partial charge is 0.163 e. The molecule has 0 saturated carbocycles. The minimum Gasteiger partial charge on any atom is -0.394 e. The number of nitrogens with zero attached hydrogens (tertiary/aromatic N) is 1. The fraction of sp³-hybridized carbons (Fsp3) is 0.440. The molecule has 2 heterocycles. The normalized spacial score (nSPS) is 26.1. The van der Waals surface area contributed by atoms with Gasteiger partial charge in [0.15, 0.2) is 6.23 Å². The first-order valence-electron chi connectivity index (χ1n) is 11.0. The van der Waals surface area contributed by atoms with E-state index in [4.69, 9.17) is 4.74 Å². The fourth-order valence-electron chi connectivity index (χ4n) is 4.35. The van der Waals surface area contributed by atoms with E-state index < -0.39 is 42.9 Å². The van der Waals surface area contributed by atoms with E-state index in [2.05, 4.69) is 0 Å². The highest BCUT2D eigenvalue weighted by molar-refractivity contribution is 7.99. The quantitative estimate of drug-likeness (QED) is 0.373. The highest BCUT2D eigenvalue weighted by Gasteiger charge is 2.44. The van der Waals surface area contributed by atoms with Gasteiger partial charge in [0.2, 0.25) is 0 Å². The number of ether oxygens (including phenoxy) is 1. The van der Waals surface area contributed by atoms with E-state index in [1.165, 1.54) is 0 Å². The number of benzene rings is 2. The molecule has 3 aromatic rings. The van der Waals surface area contributed by atoms with Gasteiger partial charge in [0.05, 0.1) is 17.7 Å². The lowest BCUT2D eigenvalue weighted by molar-refractivity contribution is -0.250. The Morgan fingerprint density at radius 2 is 1.70 bits per heavy atom. The van der Waals surface area contributed by atoms with Gasteiger partial charge in [0.1, 0.15) is 24.4 Å². The molecule has 178 valence electrons. The number of aryl methyl sites for hydroxylation is 1. The average molecular weight is 474 g/mol. The minimum atomic E-state index is -1.44. The summed E-state index contributed by atoms with van der Waals surface area (Å²) >= 11 is 1.57. The molecule has 4 rings (SSSR count). The summed E-state index contributed by atoms with van der Waals surface area (Å²) in [6.45, 7) is 5.10. The SMILES string of the molecule is Cc1cccc2c1c(Sc1ccc(CC(C)(C)O)cc1)cn2[C@@H]1O[C@H](CO)[C@@H](O)[C@H](O)[C@H]1O. The highest BCUT2D eigenvalue weighted by Crippen LogP contribution is 2.40. The maximum absolute atomic E-state index is 10.7. The van der Waals surface area contributed by atoms with Crippen molar-refractivity contribution in [2.24, 2.45) is 0 Å². The molecule has 1 saturated heterocycles. The largest absolute Gasteiger partial charge is 0.394 e. The molecule has 0 aliphatic carbocycles.